The molecule has 0 aromatic carbocycles. The first-order chi connectivity index (χ1) is 12.9. The zero-order chi connectivity index (χ0) is 19.0. The number of aromatic nitrogens is 4. The van der Waals surface area contributed by atoms with Gasteiger partial charge in [0, 0.05) is 18.4 Å². The van der Waals surface area contributed by atoms with Gasteiger partial charge in [-0.15, -0.1) is 0 Å². The van der Waals surface area contributed by atoms with Gasteiger partial charge in [0.05, 0.1) is 35.8 Å². The number of rotatable bonds is 6. The minimum atomic E-state index is -0.831. The summed E-state index contributed by atoms with van der Waals surface area (Å²) in [5, 5.41) is 17.3. The zero-order valence-corrected chi connectivity index (χ0v) is 15.5. The second kappa shape index (κ2) is 6.77. The fourth-order valence-electron chi connectivity index (χ4n) is 3.86. The first-order valence-corrected chi connectivity index (χ1v) is 9.20. The fraction of sp³-hybridized carbons (Fsp3) is 0.474. The number of aliphatic hydroxyl groups is 1. The van der Waals surface area contributed by atoms with Crippen LogP contribution in [-0.4, -0.2) is 53.8 Å². The van der Waals surface area contributed by atoms with E-state index < -0.39 is 5.60 Å². The number of fused-ring (bicyclic) bond motifs is 2. The molecule has 8 heteroatoms. The second-order valence-electron chi connectivity index (χ2n) is 7.88. The van der Waals surface area contributed by atoms with E-state index >= 15 is 0 Å². The third kappa shape index (κ3) is 3.85. The maximum absolute atomic E-state index is 11.2. The number of carbonyl (C=O) groups excluding carboxylic acids is 1. The Kier molecular flexibility index (Phi) is 4.43. The average molecular weight is 368 g/mol. The number of hydrogen-bond acceptors (Lipinski definition) is 6. The molecule has 0 spiro atoms. The summed E-state index contributed by atoms with van der Waals surface area (Å²) in [6.07, 6.45) is 11.2. The van der Waals surface area contributed by atoms with Gasteiger partial charge >= 0.3 is 0 Å². The Morgan fingerprint density at radius 3 is 3.00 bits per heavy atom. The predicted octanol–water partition coefficient (Wildman–Crippen LogP) is 1.96. The van der Waals surface area contributed by atoms with Crippen molar-refractivity contribution in [3.05, 3.63) is 36.4 Å². The summed E-state index contributed by atoms with van der Waals surface area (Å²) in [6.45, 7) is 3.88. The molecule has 4 rings (SSSR count). The highest BCUT2D eigenvalue weighted by Crippen LogP contribution is 2.37. The summed E-state index contributed by atoms with van der Waals surface area (Å²) in [5.41, 5.74) is 1.99. The van der Waals surface area contributed by atoms with E-state index in [9.17, 15) is 9.90 Å². The molecule has 4 heterocycles. The largest absolute Gasteiger partial charge is 0.389 e. The molecular weight excluding hydrogens is 344 g/mol. The number of anilines is 2. The van der Waals surface area contributed by atoms with Crippen molar-refractivity contribution in [1.29, 1.82) is 0 Å². The monoisotopic (exact) mass is 368 g/mol. The number of nitrogens with one attached hydrogen (secondary N) is 1. The predicted molar refractivity (Wildman–Crippen MR) is 101 cm³/mol. The zero-order valence-electron chi connectivity index (χ0n) is 15.5. The Bertz CT molecular complexity index is 869. The molecular formula is C19H24N6O2. The molecule has 2 N–H and O–H groups in total. The number of amides is 1. The van der Waals surface area contributed by atoms with Gasteiger partial charge < -0.3 is 15.3 Å². The van der Waals surface area contributed by atoms with Crippen LogP contribution in [0.1, 0.15) is 38.8 Å². The lowest BCUT2D eigenvalue weighted by Gasteiger charge is -2.30. The average Bonchev–Trinajstić information content (AvgIpc) is 3.13. The highest BCUT2D eigenvalue weighted by atomic mass is 16.3. The first-order valence-electron chi connectivity index (χ1n) is 9.20. The van der Waals surface area contributed by atoms with Crippen LogP contribution >= 0.6 is 0 Å². The molecule has 0 saturated carbocycles. The highest BCUT2D eigenvalue weighted by Gasteiger charge is 2.36. The lowest BCUT2D eigenvalue weighted by atomic mass is 9.99. The van der Waals surface area contributed by atoms with Crippen molar-refractivity contribution in [2.75, 3.05) is 5.32 Å². The quantitative estimate of drug-likeness (QED) is 0.757. The van der Waals surface area contributed by atoms with Gasteiger partial charge in [0.25, 0.3) is 0 Å². The van der Waals surface area contributed by atoms with Gasteiger partial charge in [0.2, 0.25) is 12.4 Å². The van der Waals surface area contributed by atoms with Crippen LogP contribution in [0.25, 0.3) is 5.57 Å². The van der Waals surface area contributed by atoms with Crippen molar-refractivity contribution < 1.29 is 9.90 Å². The SMILES string of the molecule is CC(C)(O)Cn1cc(Nc2nccc(C3=CC4CCC(C3)N4C=O)n2)cn1. The Hall–Kier alpha value is -2.74. The highest BCUT2D eigenvalue weighted by molar-refractivity contribution is 5.68. The molecule has 8 nitrogen and oxygen atoms in total. The molecule has 1 saturated heterocycles. The smallest absolute Gasteiger partial charge is 0.227 e. The number of carbonyl (C=O) groups is 1. The van der Waals surface area contributed by atoms with Crippen molar-refractivity contribution in [1.82, 2.24) is 24.6 Å². The standard InChI is InChI=1S/C19H24N6O2/c1-19(2,27)11-24-10-14(9-21-24)22-18-20-6-5-17(23-18)13-7-15-3-4-16(8-13)25(15)12-26/h5-7,9-10,12,15-16,27H,3-4,8,11H2,1-2H3,(H,20,22,23). The lowest BCUT2D eigenvalue weighted by Crippen LogP contribution is -2.37. The molecule has 2 unspecified atom stereocenters. The van der Waals surface area contributed by atoms with Crippen LogP contribution in [0.4, 0.5) is 11.6 Å². The van der Waals surface area contributed by atoms with Gasteiger partial charge in [0.1, 0.15) is 0 Å². The summed E-state index contributed by atoms with van der Waals surface area (Å²) >= 11 is 0. The Balaban J connectivity index is 1.50. The van der Waals surface area contributed by atoms with Crippen LogP contribution in [-0.2, 0) is 11.3 Å². The van der Waals surface area contributed by atoms with Gasteiger partial charge in [-0.25, -0.2) is 9.97 Å². The molecule has 2 aromatic heterocycles. The van der Waals surface area contributed by atoms with Crippen LogP contribution in [0.2, 0.25) is 0 Å². The normalized spacial score (nSPS) is 21.9. The molecule has 27 heavy (non-hydrogen) atoms. The minimum absolute atomic E-state index is 0.183. The van der Waals surface area contributed by atoms with E-state index in [0.717, 1.165) is 37.1 Å². The van der Waals surface area contributed by atoms with E-state index in [1.165, 1.54) is 5.57 Å². The van der Waals surface area contributed by atoms with E-state index in [1.807, 2.05) is 17.2 Å². The first kappa shape index (κ1) is 17.7. The van der Waals surface area contributed by atoms with Crippen molar-refractivity contribution in [3.63, 3.8) is 0 Å². The maximum atomic E-state index is 11.2. The molecule has 1 fully saturated rings. The molecule has 1 amide bonds. The van der Waals surface area contributed by atoms with Crippen molar-refractivity contribution >= 4 is 23.6 Å². The van der Waals surface area contributed by atoms with Gasteiger partial charge in [-0.2, -0.15) is 5.10 Å². The van der Waals surface area contributed by atoms with E-state index in [4.69, 9.17) is 0 Å². The molecule has 2 aliphatic rings. The lowest BCUT2D eigenvalue weighted by molar-refractivity contribution is -0.120. The van der Waals surface area contributed by atoms with Gasteiger partial charge in [-0.1, -0.05) is 6.08 Å². The van der Waals surface area contributed by atoms with Crippen LogP contribution in [0, 0.1) is 0 Å². The Morgan fingerprint density at radius 2 is 2.26 bits per heavy atom. The summed E-state index contributed by atoms with van der Waals surface area (Å²) in [4.78, 5) is 22.1. The Labute approximate surface area is 157 Å². The van der Waals surface area contributed by atoms with Crippen LogP contribution < -0.4 is 5.32 Å². The second-order valence-corrected chi connectivity index (χ2v) is 7.88. The third-order valence-electron chi connectivity index (χ3n) is 4.99. The third-order valence-corrected chi connectivity index (χ3v) is 4.99. The van der Waals surface area contributed by atoms with Crippen molar-refractivity contribution in [2.45, 2.75) is 57.3 Å². The minimum Gasteiger partial charge on any atom is -0.389 e. The fourth-order valence-corrected chi connectivity index (χ4v) is 3.86. The van der Waals surface area contributed by atoms with Gasteiger partial charge in [0.15, 0.2) is 0 Å². The van der Waals surface area contributed by atoms with E-state index in [-0.39, 0.29) is 12.1 Å². The molecule has 0 aliphatic carbocycles. The maximum Gasteiger partial charge on any atom is 0.227 e. The molecule has 2 aliphatic heterocycles. The summed E-state index contributed by atoms with van der Waals surface area (Å²) in [6, 6.07) is 2.37. The Morgan fingerprint density at radius 1 is 1.41 bits per heavy atom. The molecule has 142 valence electrons. The summed E-state index contributed by atoms with van der Waals surface area (Å²) in [7, 11) is 0. The molecule has 2 aromatic rings. The van der Waals surface area contributed by atoms with E-state index in [2.05, 4.69) is 26.5 Å². The van der Waals surface area contributed by atoms with Crippen molar-refractivity contribution in [3.8, 4) is 0 Å². The van der Waals surface area contributed by atoms with Gasteiger partial charge in [-0.3, -0.25) is 9.48 Å². The van der Waals surface area contributed by atoms with Crippen LogP contribution in [0.3, 0.4) is 0 Å². The topological polar surface area (TPSA) is 96.2 Å². The van der Waals surface area contributed by atoms with Crippen molar-refractivity contribution in [2.24, 2.45) is 0 Å². The summed E-state index contributed by atoms with van der Waals surface area (Å²) in [5.74, 6) is 0.501. The van der Waals surface area contributed by atoms with Crippen LogP contribution in [0.15, 0.2) is 30.7 Å². The summed E-state index contributed by atoms with van der Waals surface area (Å²) < 4.78 is 1.68. The molecule has 2 atom stereocenters. The molecule has 0 radical (unpaired) electrons. The number of nitrogens with zero attached hydrogens (tertiary/aromatic N) is 5. The van der Waals surface area contributed by atoms with Gasteiger partial charge in [-0.05, 0) is 44.7 Å². The van der Waals surface area contributed by atoms with E-state index in [0.29, 0.717) is 12.5 Å². The number of hydrogen-bond donors (Lipinski definition) is 2. The molecule has 2 bridgehead atoms. The van der Waals surface area contributed by atoms with E-state index in [1.54, 1.807) is 30.9 Å². The van der Waals surface area contributed by atoms with Crippen LogP contribution in [0.5, 0.6) is 0 Å².